The van der Waals surface area contributed by atoms with E-state index < -0.39 is 12.0 Å². The van der Waals surface area contributed by atoms with E-state index in [1.54, 1.807) is 11.3 Å². The second kappa shape index (κ2) is 8.23. The van der Waals surface area contributed by atoms with Gasteiger partial charge < -0.3 is 14.6 Å². The first-order chi connectivity index (χ1) is 15.3. The van der Waals surface area contributed by atoms with Gasteiger partial charge in [0.15, 0.2) is 5.82 Å². The van der Waals surface area contributed by atoms with Crippen LogP contribution >= 0.6 is 11.3 Å². The number of aromatic nitrogens is 5. The summed E-state index contributed by atoms with van der Waals surface area (Å²) in [5, 5.41) is 17.9. The molecule has 1 saturated heterocycles. The lowest BCUT2D eigenvalue weighted by molar-refractivity contribution is -0.147. The molecule has 0 bridgehead atoms. The number of nitrogens with zero attached hydrogens (tertiary/aromatic N) is 7. The Morgan fingerprint density at radius 1 is 1.19 bits per heavy atom. The number of rotatable bonds is 5. The van der Waals surface area contributed by atoms with Gasteiger partial charge in [0.1, 0.15) is 16.5 Å². The van der Waals surface area contributed by atoms with Crippen molar-refractivity contribution in [1.29, 1.82) is 0 Å². The maximum absolute atomic E-state index is 13.2. The molecular weight excluding hydrogens is 443 g/mol. The van der Waals surface area contributed by atoms with Gasteiger partial charge in [0.25, 0.3) is 0 Å². The topological polar surface area (TPSA) is 83.2 Å². The molecule has 0 spiro atoms. The Morgan fingerprint density at radius 3 is 2.75 bits per heavy atom. The van der Waals surface area contributed by atoms with E-state index in [4.69, 9.17) is 9.97 Å². The molecule has 1 fully saturated rings. The number of halogens is 3. The molecule has 172 valence electrons. The zero-order valence-electron chi connectivity index (χ0n) is 17.6. The Morgan fingerprint density at radius 2 is 2.03 bits per heavy atom. The molecule has 0 amide bonds. The molecule has 2 aliphatic rings. The summed E-state index contributed by atoms with van der Waals surface area (Å²) in [6.07, 6.45) is -2.16. The number of β-amino-alcohol motifs (C(OH)–C–C–N with tert-alkyl or cyclic N) is 1. The van der Waals surface area contributed by atoms with Crippen molar-refractivity contribution in [3.8, 4) is 0 Å². The highest BCUT2D eigenvalue weighted by Crippen LogP contribution is 2.35. The van der Waals surface area contributed by atoms with Gasteiger partial charge in [0.2, 0.25) is 5.82 Å². The maximum Gasteiger partial charge on any atom is 0.451 e. The average Bonchev–Trinajstić information content (AvgIpc) is 3.44. The highest BCUT2D eigenvalue weighted by molar-refractivity contribution is 7.18. The van der Waals surface area contributed by atoms with Gasteiger partial charge in [-0.2, -0.15) is 13.2 Å². The highest BCUT2D eigenvalue weighted by atomic mass is 32.1. The molecule has 8 nitrogen and oxygen atoms in total. The summed E-state index contributed by atoms with van der Waals surface area (Å²) in [5.74, 6) is 0.721. The van der Waals surface area contributed by atoms with Gasteiger partial charge in [-0.15, -0.1) is 21.5 Å². The van der Waals surface area contributed by atoms with Crippen LogP contribution in [-0.2, 0) is 32.2 Å². The largest absolute Gasteiger partial charge is 0.451 e. The number of alkyl halides is 3. The molecule has 0 saturated carbocycles. The van der Waals surface area contributed by atoms with E-state index in [-0.39, 0.29) is 25.0 Å². The summed E-state index contributed by atoms with van der Waals surface area (Å²) >= 11 is 1.64. The minimum atomic E-state index is -4.52. The van der Waals surface area contributed by atoms with E-state index in [0.717, 1.165) is 46.4 Å². The first-order valence-corrected chi connectivity index (χ1v) is 11.6. The van der Waals surface area contributed by atoms with Crippen molar-refractivity contribution in [1.82, 2.24) is 29.6 Å². The zero-order valence-corrected chi connectivity index (χ0v) is 18.5. The lowest BCUT2D eigenvalue weighted by Gasteiger charge is -2.29. The number of fused-ring (bicyclic) bond motifs is 2. The third-order valence-corrected chi connectivity index (χ3v) is 6.97. The van der Waals surface area contributed by atoms with Gasteiger partial charge in [-0.05, 0) is 18.9 Å². The maximum atomic E-state index is 13.2. The van der Waals surface area contributed by atoms with Gasteiger partial charge in [0.05, 0.1) is 24.6 Å². The van der Waals surface area contributed by atoms with E-state index in [0.29, 0.717) is 25.5 Å². The molecule has 1 unspecified atom stereocenters. The summed E-state index contributed by atoms with van der Waals surface area (Å²) in [6, 6.07) is 2.10. The van der Waals surface area contributed by atoms with Crippen LogP contribution < -0.4 is 4.90 Å². The predicted molar refractivity (Wildman–Crippen MR) is 113 cm³/mol. The van der Waals surface area contributed by atoms with Gasteiger partial charge in [-0.25, -0.2) is 9.97 Å². The van der Waals surface area contributed by atoms with Gasteiger partial charge in [0, 0.05) is 31.1 Å². The van der Waals surface area contributed by atoms with Gasteiger partial charge in [-0.3, -0.25) is 4.90 Å². The zero-order chi connectivity index (χ0) is 22.5. The van der Waals surface area contributed by atoms with Crippen molar-refractivity contribution in [2.45, 2.75) is 58.1 Å². The summed E-state index contributed by atoms with van der Waals surface area (Å²) in [7, 11) is 0. The van der Waals surface area contributed by atoms with Crippen LogP contribution in [0.25, 0.3) is 10.2 Å². The van der Waals surface area contributed by atoms with E-state index in [9.17, 15) is 18.3 Å². The van der Waals surface area contributed by atoms with Crippen LogP contribution in [0.15, 0.2) is 6.07 Å². The lowest BCUT2D eigenvalue weighted by atomic mass is 10.2. The minimum absolute atomic E-state index is 0.141. The van der Waals surface area contributed by atoms with Crippen LogP contribution in [0.5, 0.6) is 0 Å². The monoisotopic (exact) mass is 467 g/mol. The second-order valence-electron chi connectivity index (χ2n) is 8.33. The molecule has 2 aliphatic heterocycles. The number of aryl methyl sites for hydroxylation is 1. The Labute approximate surface area is 186 Å². The van der Waals surface area contributed by atoms with E-state index in [1.165, 1.54) is 4.88 Å². The average molecular weight is 468 g/mol. The first-order valence-electron chi connectivity index (χ1n) is 10.8. The SMILES string of the molecule is CCCc1cc2c(N3CCn4c(nnc4C(F)(F)F)C3)nc(CN3CCC(O)C3)nc2s1. The van der Waals surface area contributed by atoms with Crippen molar-refractivity contribution >= 4 is 27.4 Å². The summed E-state index contributed by atoms with van der Waals surface area (Å²) in [5.41, 5.74) is 0. The third-order valence-electron chi connectivity index (χ3n) is 5.89. The summed E-state index contributed by atoms with van der Waals surface area (Å²) < 4.78 is 40.8. The van der Waals surface area contributed by atoms with Crippen LogP contribution in [-0.4, -0.2) is 60.5 Å². The van der Waals surface area contributed by atoms with Crippen molar-refractivity contribution < 1.29 is 18.3 Å². The van der Waals surface area contributed by atoms with Crippen molar-refractivity contribution in [3.05, 3.63) is 28.4 Å². The standard InChI is InChI=1S/C20H24F3N7OS/c1-2-3-13-8-14-17(24-15(25-18(14)32-13)10-28-5-4-12(31)9-28)29-6-7-30-16(11-29)26-27-19(30)20(21,22)23/h8,12,31H,2-7,9-11H2,1H3. The highest BCUT2D eigenvalue weighted by Gasteiger charge is 2.39. The van der Waals surface area contributed by atoms with Crippen molar-refractivity contribution in [2.75, 3.05) is 24.5 Å². The van der Waals surface area contributed by atoms with E-state index >= 15 is 0 Å². The van der Waals surface area contributed by atoms with Crippen LogP contribution in [0, 0.1) is 0 Å². The fourth-order valence-electron chi connectivity index (χ4n) is 4.38. The van der Waals surface area contributed by atoms with E-state index in [1.807, 2.05) is 4.90 Å². The molecule has 3 aromatic heterocycles. The third kappa shape index (κ3) is 4.06. The molecule has 1 N–H and O–H groups in total. The fourth-order valence-corrected chi connectivity index (χ4v) is 5.53. The molecule has 5 heterocycles. The number of likely N-dealkylation sites (tertiary alicyclic amines) is 1. The number of hydrogen-bond acceptors (Lipinski definition) is 8. The van der Waals surface area contributed by atoms with Crippen molar-refractivity contribution in [2.24, 2.45) is 0 Å². The fraction of sp³-hybridized carbons (Fsp3) is 0.600. The number of hydrogen-bond donors (Lipinski definition) is 1. The number of aliphatic hydroxyl groups is 1. The van der Waals surface area contributed by atoms with Crippen LogP contribution in [0.1, 0.15) is 42.1 Å². The molecule has 1 atom stereocenters. The minimum Gasteiger partial charge on any atom is -0.392 e. The van der Waals surface area contributed by atoms with Crippen LogP contribution in [0.3, 0.4) is 0 Å². The predicted octanol–water partition coefficient (Wildman–Crippen LogP) is 2.84. The van der Waals surface area contributed by atoms with Gasteiger partial charge >= 0.3 is 6.18 Å². The molecule has 5 rings (SSSR count). The van der Waals surface area contributed by atoms with E-state index in [2.05, 4.69) is 28.1 Å². The summed E-state index contributed by atoms with van der Waals surface area (Å²) in [4.78, 5) is 15.8. The lowest BCUT2D eigenvalue weighted by Crippen LogP contribution is -2.36. The van der Waals surface area contributed by atoms with Crippen LogP contribution in [0.4, 0.5) is 19.0 Å². The number of aliphatic hydroxyl groups excluding tert-OH is 1. The second-order valence-corrected chi connectivity index (χ2v) is 9.45. The molecule has 12 heteroatoms. The molecule has 3 aromatic rings. The molecular formula is C20H24F3N7OS. The first kappa shape index (κ1) is 21.5. The Balaban J connectivity index is 1.49. The molecule has 32 heavy (non-hydrogen) atoms. The molecule has 0 aliphatic carbocycles. The Bertz CT molecular complexity index is 1130. The normalized spacial score (nSPS) is 19.8. The quantitative estimate of drug-likeness (QED) is 0.618. The van der Waals surface area contributed by atoms with Crippen molar-refractivity contribution in [3.63, 3.8) is 0 Å². The van der Waals surface area contributed by atoms with Gasteiger partial charge in [-0.1, -0.05) is 13.3 Å². The smallest absolute Gasteiger partial charge is 0.392 e. The molecule has 0 radical (unpaired) electrons. The summed E-state index contributed by atoms with van der Waals surface area (Å²) in [6.45, 7) is 4.76. The van der Waals surface area contributed by atoms with Crippen LogP contribution in [0.2, 0.25) is 0 Å². The molecule has 0 aromatic carbocycles. The number of anilines is 1. The Kier molecular flexibility index (Phi) is 5.54. The Hall–Kier alpha value is -2.31. The number of thiophene rings is 1.